The van der Waals surface area contributed by atoms with Crippen LogP contribution in [0.15, 0.2) is 72.3 Å². The maximum Gasteiger partial charge on any atom is 0.335 e. The van der Waals surface area contributed by atoms with Gasteiger partial charge in [0.05, 0.1) is 17.7 Å². The van der Waals surface area contributed by atoms with Gasteiger partial charge in [-0.25, -0.2) is 4.79 Å². The zero-order valence-corrected chi connectivity index (χ0v) is 24.7. The number of hydrogen-bond acceptors (Lipinski definition) is 3. The number of aliphatic carboxylic acids is 1. The Labute approximate surface area is 241 Å². The highest BCUT2D eigenvalue weighted by molar-refractivity contribution is 5.90. The van der Waals surface area contributed by atoms with Crippen LogP contribution in [0, 0.1) is 17.2 Å². The lowest BCUT2D eigenvalue weighted by Crippen LogP contribution is -2.40. The molecule has 1 aliphatic rings. The number of hydrogen-bond donors (Lipinski definition) is 1. The fourth-order valence-electron chi connectivity index (χ4n) is 5.67. The molecule has 2 aromatic rings. The average molecular weight is 542 g/mol. The van der Waals surface area contributed by atoms with E-state index < -0.39 is 17.5 Å². The molecule has 1 N–H and O–H groups in total. The minimum Gasteiger partial charge on any atom is -0.478 e. The van der Waals surface area contributed by atoms with Crippen LogP contribution in [0.2, 0.25) is 0 Å². The molecule has 2 aromatic carbocycles. The first-order chi connectivity index (χ1) is 19.4. The van der Waals surface area contributed by atoms with Crippen molar-refractivity contribution in [3.05, 3.63) is 83.5 Å². The summed E-state index contributed by atoms with van der Waals surface area (Å²) < 4.78 is 6.81. The number of aryl methyl sites for hydroxylation is 1. The Morgan fingerprint density at radius 3 is 2.27 bits per heavy atom. The summed E-state index contributed by atoms with van der Waals surface area (Å²) in [6.45, 7) is 6.51. The van der Waals surface area contributed by atoms with Gasteiger partial charge in [0, 0.05) is 0 Å². The van der Waals surface area contributed by atoms with Crippen LogP contribution in [0.4, 0.5) is 0 Å². The van der Waals surface area contributed by atoms with Crippen molar-refractivity contribution in [1.82, 2.24) is 0 Å². The van der Waals surface area contributed by atoms with E-state index in [1.807, 2.05) is 18.2 Å². The highest BCUT2D eigenvalue weighted by Crippen LogP contribution is 2.45. The largest absolute Gasteiger partial charge is 0.478 e. The van der Waals surface area contributed by atoms with Gasteiger partial charge in [-0.15, -0.1) is 0 Å². The molecule has 40 heavy (non-hydrogen) atoms. The Bertz CT molecular complexity index is 1170. The molecule has 4 heteroatoms. The number of ether oxygens (including phenoxy) is 1. The maximum absolute atomic E-state index is 11.8. The SMILES string of the molecule is CCCCCCCCc1ccc(-c2ccccc2C2(OC(C)CCCCCC)C=CC(C(=O)O)=CC2C#N)cc1. The van der Waals surface area contributed by atoms with Crippen molar-refractivity contribution in [1.29, 1.82) is 5.26 Å². The average Bonchev–Trinajstić information content (AvgIpc) is 2.97. The zero-order chi connectivity index (χ0) is 28.8. The Kier molecular flexibility index (Phi) is 12.7. The number of nitrogens with zero attached hydrogens (tertiary/aromatic N) is 1. The number of rotatable bonds is 17. The van der Waals surface area contributed by atoms with E-state index in [-0.39, 0.29) is 11.7 Å². The van der Waals surface area contributed by atoms with Gasteiger partial charge in [0.25, 0.3) is 0 Å². The van der Waals surface area contributed by atoms with Crippen molar-refractivity contribution in [3.63, 3.8) is 0 Å². The summed E-state index contributed by atoms with van der Waals surface area (Å²) in [4.78, 5) is 11.8. The van der Waals surface area contributed by atoms with E-state index in [0.717, 1.165) is 42.4 Å². The second kappa shape index (κ2) is 16.2. The zero-order valence-electron chi connectivity index (χ0n) is 24.7. The van der Waals surface area contributed by atoms with Gasteiger partial charge in [0.1, 0.15) is 11.5 Å². The number of carboxylic acid groups (broad SMARTS) is 1. The van der Waals surface area contributed by atoms with Crippen molar-refractivity contribution < 1.29 is 14.6 Å². The van der Waals surface area contributed by atoms with Crippen LogP contribution >= 0.6 is 0 Å². The lowest BCUT2D eigenvalue weighted by molar-refractivity contribution is -0.132. The number of carbonyl (C=O) groups is 1. The molecule has 0 fully saturated rings. The van der Waals surface area contributed by atoms with E-state index in [4.69, 9.17) is 4.74 Å². The smallest absolute Gasteiger partial charge is 0.335 e. The first-order valence-corrected chi connectivity index (χ1v) is 15.4. The summed E-state index contributed by atoms with van der Waals surface area (Å²) in [6.07, 6.45) is 19.1. The molecule has 3 unspecified atom stereocenters. The van der Waals surface area contributed by atoms with Gasteiger partial charge in [-0.2, -0.15) is 5.26 Å². The van der Waals surface area contributed by atoms with Gasteiger partial charge in [-0.3, -0.25) is 0 Å². The molecule has 0 bridgehead atoms. The summed E-state index contributed by atoms with van der Waals surface area (Å²) >= 11 is 0. The topological polar surface area (TPSA) is 70.3 Å². The molecule has 0 spiro atoms. The minimum absolute atomic E-state index is 0.0927. The molecule has 0 aliphatic heterocycles. The van der Waals surface area contributed by atoms with Gasteiger partial charge >= 0.3 is 5.97 Å². The van der Waals surface area contributed by atoms with Crippen LogP contribution in [0.1, 0.15) is 103 Å². The molecule has 4 nitrogen and oxygen atoms in total. The van der Waals surface area contributed by atoms with Crippen molar-refractivity contribution in [2.75, 3.05) is 0 Å². The normalized spacial score (nSPS) is 19.1. The standard InChI is InChI=1S/C36H47NO3/c1-4-6-8-10-11-13-17-29-20-22-30(23-21-29)33-18-14-15-19-34(33)36(40-28(3)16-12-9-7-5-2)25-24-31(35(38)39)26-32(36)27-37/h14-15,18-26,28,32H,4-13,16-17H2,1-3H3,(H,38,39). The van der Waals surface area contributed by atoms with E-state index in [0.29, 0.717) is 0 Å². The van der Waals surface area contributed by atoms with E-state index in [1.54, 1.807) is 18.2 Å². The molecular formula is C36H47NO3. The quantitative estimate of drug-likeness (QED) is 0.202. The van der Waals surface area contributed by atoms with Crippen LogP contribution < -0.4 is 0 Å². The second-order valence-electron chi connectivity index (χ2n) is 11.2. The molecule has 3 rings (SSSR count). The Morgan fingerprint density at radius 2 is 1.60 bits per heavy atom. The van der Waals surface area contributed by atoms with E-state index in [1.165, 1.54) is 56.9 Å². The number of unbranched alkanes of at least 4 members (excludes halogenated alkanes) is 8. The maximum atomic E-state index is 11.8. The van der Waals surface area contributed by atoms with Crippen LogP contribution in [-0.2, 0) is 21.6 Å². The van der Waals surface area contributed by atoms with Gasteiger partial charge in [-0.05, 0) is 66.7 Å². The molecule has 214 valence electrons. The predicted molar refractivity (Wildman–Crippen MR) is 164 cm³/mol. The third-order valence-electron chi connectivity index (χ3n) is 8.00. The van der Waals surface area contributed by atoms with E-state index in [9.17, 15) is 15.2 Å². The fourth-order valence-corrected chi connectivity index (χ4v) is 5.67. The summed E-state index contributed by atoms with van der Waals surface area (Å²) in [5.74, 6) is -1.80. The highest BCUT2D eigenvalue weighted by atomic mass is 16.5. The predicted octanol–water partition coefficient (Wildman–Crippen LogP) is 9.55. The third-order valence-corrected chi connectivity index (χ3v) is 8.00. The van der Waals surface area contributed by atoms with Crippen LogP contribution in [0.3, 0.4) is 0 Å². The van der Waals surface area contributed by atoms with Gasteiger partial charge in [0.2, 0.25) is 0 Å². The molecule has 3 atom stereocenters. The lowest BCUT2D eigenvalue weighted by atomic mass is 9.74. The first-order valence-electron chi connectivity index (χ1n) is 15.4. The molecule has 0 heterocycles. The Balaban J connectivity index is 1.90. The molecular weight excluding hydrogens is 494 g/mol. The van der Waals surface area contributed by atoms with Crippen LogP contribution in [-0.4, -0.2) is 17.2 Å². The molecule has 1 aliphatic carbocycles. The number of nitriles is 1. The lowest BCUT2D eigenvalue weighted by Gasteiger charge is -2.40. The van der Waals surface area contributed by atoms with Crippen molar-refractivity contribution >= 4 is 5.97 Å². The fraction of sp³-hybridized carbons (Fsp3) is 0.500. The number of benzene rings is 2. The monoisotopic (exact) mass is 541 g/mol. The van der Waals surface area contributed by atoms with E-state index >= 15 is 0 Å². The molecule has 0 saturated heterocycles. The van der Waals surface area contributed by atoms with Crippen LogP contribution in [0.25, 0.3) is 11.1 Å². The molecule has 0 saturated carbocycles. The first kappa shape index (κ1) is 31.4. The summed E-state index contributed by atoms with van der Waals surface area (Å²) in [5, 5.41) is 19.9. The van der Waals surface area contributed by atoms with Crippen molar-refractivity contribution in [3.8, 4) is 17.2 Å². The summed E-state index contributed by atoms with van der Waals surface area (Å²) in [7, 11) is 0. The second-order valence-corrected chi connectivity index (χ2v) is 11.2. The molecule has 0 aromatic heterocycles. The Hall–Kier alpha value is -3.16. The van der Waals surface area contributed by atoms with E-state index in [2.05, 4.69) is 57.2 Å². The van der Waals surface area contributed by atoms with Gasteiger partial charge < -0.3 is 9.84 Å². The molecule has 0 radical (unpaired) electrons. The van der Waals surface area contributed by atoms with Crippen LogP contribution in [0.5, 0.6) is 0 Å². The molecule has 0 amide bonds. The van der Waals surface area contributed by atoms with Crippen molar-refractivity contribution in [2.24, 2.45) is 5.92 Å². The van der Waals surface area contributed by atoms with Gasteiger partial charge in [-0.1, -0.05) is 120 Å². The Morgan fingerprint density at radius 1 is 0.950 bits per heavy atom. The summed E-state index contributed by atoms with van der Waals surface area (Å²) in [6, 6.07) is 19.2. The minimum atomic E-state index is -1.08. The highest BCUT2D eigenvalue weighted by Gasteiger charge is 2.44. The number of carboxylic acids is 1. The van der Waals surface area contributed by atoms with Gasteiger partial charge in [0.15, 0.2) is 0 Å². The summed E-state index contributed by atoms with van der Waals surface area (Å²) in [5.41, 5.74) is 3.35. The van der Waals surface area contributed by atoms with Crippen molar-refractivity contribution in [2.45, 2.75) is 110 Å². The third kappa shape index (κ3) is 8.42.